The monoisotopic (exact) mass is 702 g/mol. The SMILES string of the molecule is COc1c2c(c(OC)c3ccccc13)=C=C=C=C=c1c(OC)c3ccccc3c(OC)c1=C=C=C=C=c1c(OC)c3ccccc3c(OC)c1=C=C=C=C=2. The van der Waals surface area contributed by atoms with Gasteiger partial charge in [0.05, 0.1) is 74.0 Å². The highest BCUT2D eigenvalue weighted by Crippen LogP contribution is 2.29. The minimum absolute atomic E-state index is 0.498. The molecule has 0 heterocycles. The summed E-state index contributed by atoms with van der Waals surface area (Å²) in [7, 11) is 9.58. The lowest BCUT2D eigenvalue weighted by molar-refractivity contribution is 0.405. The molecule has 0 saturated carbocycles. The third kappa shape index (κ3) is 5.92. The van der Waals surface area contributed by atoms with Crippen molar-refractivity contribution < 1.29 is 28.4 Å². The number of benzene rings is 6. The first-order valence-corrected chi connectivity index (χ1v) is 16.7. The van der Waals surface area contributed by atoms with Crippen molar-refractivity contribution in [3.05, 3.63) is 138 Å². The van der Waals surface area contributed by atoms with Crippen molar-refractivity contribution in [3.63, 3.8) is 0 Å². The van der Waals surface area contributed by atoms with Crippen LogP contribution in [0.5, 0.6) is 34.5 Å². The number of ether oxygens (including phenoxy) is 6. The van der Waals surface area contributed by atoms with E-state index in [2.05, 4.69) is 68.8 Å². The highest BCUT2D eigenvalue weighted by atomic mass is 16.5. The van der Waals surface area contributed by atoms with Gasteiger partial charge in [0.15, 0.2) is 0 Å². The predicted octanol–water partition coefficient (Wildman–Crippen LogP) is 4.49. The molecule has 0 atom stereocenters. The molecular weight excluding hydrogens is 673 g/mol. The highest BCUT2D eigenvalue weighted by molar-refractivity contribution is 5.96. The van der Waals surface area contributed by atoms with Crippen LogP contribution >= 0.6 is 0 Å². The Morgan fingerprint density at radius 2 is 0.407 bits per heavy atom. The number of methoxy groups -OCH3 is 6. The van der Waals surface area contributed by atoms with Crippen LogP contribution < -0.4 is 59.7 Å². The summed E-state index contributed by atoms with van der Waals surface area (Å²) < 4.78 is 35.8. The van der Waals surface area contributed by atoms with Crippen LogP contribution in [0.2, 0.25) is 0 Å². The van der Waals surface area contributed by atoms with Gasteiger partial charge < -0.3 is 28.4 Å². The molecule has 54 heavy (non-hydrogen) atoms. The summed E-state index contributed by atoms with van der Waals surface area (Å²) in [5.41, 5.74) is 37.4. The third-order valence-electron chi connectivity index (χ3n) is 8.90. The predicted molar refractivity (Wildman–Crippen MR) is 210 cm³/mol. The zero-order valence-corrected chi connectivity index (χ0v) is 30.4. The van der Waals surface area contributed by atoms with Gasteiger partial charge in [-0.1, -0.05) is 72.8 Å². The Bertz CT molecular complexity index is 2790. The van der Waals surface area contributed by atoms with Crippen molar-refractivity contribution in [2.24, 2.45) is 0 Å². The van der Waals surface area contributed by atoms with Crippen LogP contribution in [0.4, 0.5) is 0 Å². The van der Waals surface area contributed by atoms with Crippen molar-refractivity contribution in [3.8, 4) is 34.5 Å². The van der Waals surface area contributed by atoms with E-state index in [1.165, 1.54) is 0 Å². The number of hydrogen-bond donors (Lipinski definition) is 0. The summed E-state index contributed by atoms with van der Waals surface area (Å²) in [5, 5.41) is 7.83. The van der Waals surface area contributed by atoms with Crippen molar-refractivity contribution >= 4 is 66.7 Å². The van der Waals surface area contributed by atoms with Crippen molar-refractivity contribution in [2.75, 3.05) is 42.7 Å². The molecule has 6 aromatic carbocycles. The zero-order valence-electron chi connectivity index (χ0n) is 30.4. The van der Waals surface area contributed by atoms with E-state index in [9.17, 15) is 0 Å². The Kier molecular flexibility index (Phi) is 9.80. The minimum Gasteiger partial charge on any atom is -0.495 e. The molecule has 0 bridgehead atoms. The molecule has 0 aliphatic heterocycles. The van der Waals surface area contributed by atoms with E-state index in [1.54, 1.807) is 42.7 Å². The molecule has 0 aromatic heterocycles. The van der Waals surface area contributed by atoms with Crippen molar-refractivity contribution in [2.45, 2.75) is 0 Å². The van der Waals surface area contributed by atoms with Gasteiger partial charge in [-0.2, -0.15) is 0 Å². The summed E-state index contributed by atoms with van der Waals surface area (Å²) in [6.45, 7) is 0. The second-order valence-electron chi connectivity index (χ2n) is 11.6. The molecule has 0 saturated heterocycles. The molecule has 1 aliphatic carbocycles. The van der Waals surface area contributed by atoms with Crippen LogP contribution in [0, 0.1) is 0 Å². The van der Waals surface area contributed by atoms with Crippen LogP contribution in [0.25, 0.3) is 66.7 Å². The normalized spacial score (nSPS) is 10.8. The van der Waals surface area contributed by atoms with E-state index in [0.29, 0.717) is 65.8 Å². The fourth-order valence-electron chi connectivity index (χ4n) is 6.68. The number of hydrogen-bond acceptors (Lipinski definition) is 6. The lowest BCUT2D eigenvalue weighted by Gasteiger charge is -2.10. The van der Waals surface area contributed by atoms with Crippen LogP contribution in [0.15, 0.2) is 107 Å². The van der Waals surface area contributed by atoms with E-state index in [-0.39, 0.29) is 0 Å². The van der Waals surface area contributed by atoms with Crippen LogP contribution in [0.3, 0.4) is 0 Å². The molecule has 0 amide bonds. The summed E-state index contributed by atoms with van der Waals surface area (Å²) in [6.07, 6.45) is 0. The number of rotatable bonds is 6. The number of fused-ring (bicyclic) bond motifs is 6. The Balaban J connectivity index is 1.97. The molecular formula is C48H30O6. The van der Waals surface area contributed by atoms with E-state index < -0.39 is 0 Å². The van der Waals surface area contributed by atoms with Crippen molar-refractivity contribution in [1.29, 1.82) is 0 Å². The van der Waals surface area contributed by atoms with Crippen LogP contribution in [0.1, 0.15) is 0 Å². The Morgan fingerprint density at radius 3 is 0.537 bits per heavy atom. The Labute approximate surface area is 309 Å². The summed E-state index contributed by atoms with van der Waals surface area (Å²) >= 11 is 0. The quantitative estimate of drug-likeness (QED) is 0.239. The molecule has 258 valence electrons. The van der Waals surface area contributed by atoms with Gasteiger partial charge in [0, 0.05) is 32.3 Å². The van der Waals surface area contributed by atoms with Gasteiger partial charge in [0.1, 0.15) is 34.5 Å². The molecule has 0 N–H and O–H groups in total. The average molecular weight is 703 g/mol. The smallest absolute Gasteiger partial charge is 0.143 e. The van der Waals surface area contributed by atoms with E-state index in [4.69, 9.17) is 28.4 Å². The van der Waals surface area contributed by atoms with Crippen LogP contribution in [-0.2, 0) is 0 Å². The minimum atomic E-state index is 0.498. The lowest BCUT2D eigenvalue weighted by atomic mass is 10.0. The molecule has 6 nitrogen and oxygen atoms in total. The molecule has 1 aliphatic rings. The highest BCUT2D eigenvalue weighted by Gasteiger charge is 2.15. The standard InChI is InChI=1S/C48H30O6/c1-49-43-31-19-7-8-20-32(31)44(50-2)38-26-15-16-28-40-42(48(54-6)36-24-12-11-23-35(36)46(40)52-4)30-18-17-29-41-39(27-14-13-25-37(38)43)45(51-3)33-21-9-10-22-34(33)47(41)53-5/h7-12,19-24H,1-6H3. The van der Waals surface area contributed by atoms with Gasteiger partial charge in [-0.15, -0.1) is 0 Å². The molecule has 0 spiro atoms. The zero-order chi connectivity index (χ0) is 37.6. The molecule has 0 unspecified atom stereocenters. The lowest BCUT2D eigenvalue weighted by Crippen LogP contribution is -2.27. The van der Waals surface area contributed by atoms with Gasteiger partial charge in [-0.3, -0.25) is 0 Å². The first-order valence-electron chi connectivity index (χ1n) is 16.7. The van der Waals surface area contributed by atoms with Crippen LogP contribution in [-0.4, -0.2) is 42.7 Å². The first-order chi connectivity index (χ1) is 26.6. The van der Waals surface area contributed by atoms with Crippen molar-refractivity contribution in [1.82, 2.24) is 0 Å². The molecule has 6 heteroatoms. The average Bonchev–Trinajstić information content (AvgIpc) is 3.21. The summed E-state index contributed by atoms with van der Waals surface area (Å²) in [5.74, 6) is 3.18. The topological polar surface area (TPSA) is 55.4 Å². The largest absolute Gasteiger partial charge is 0.495 e. The fourth-order valence-corrected chi connectivity index (χ4v) is 6.68. The summed E-state index contributed by atoms with van der Waals surface area (Å²) in [4.78, 5) is 0. The van der Waals surface area contributed by atoms with Gasteiger partial charge in [0.25, 0.3) is 0 Å². The molecule has 0 radical (unpaired) electrons. The van der Waals surface area contributed by atoms with E-state index in [1.807, 2.05) is 72.8 Å². The van der Waals surface area contributed by atoms with E-state index in [0.717, 1.165) is 32.3 Å². The van der Waals surface area contributed by atoms with Gasteiger partial charge in [0.2, 0.25) is 0 Å². The Hall–Kier alpha value is -7.74. The summed E-state index contributed by atoms with van der Waals surface area (Å²) in [6, 6.07) is 23.2. The maximum Gasteiger partial charge on any atom is 0.143 e. The van der Waals surface area contributed by atoms with E-state index >= 15 is 0 Å². The van der Waals surface area contributed by atoms with Gasteiger partial charge in [-0.05, 0) is 68.8 Å². The third-order valence-corrected chi connectivity index (χ3v) is 8.90. The van der Waals surface area contributed by atoms with Gasteiger partial charge in [-0.25, -0.2) is 0 Å². The maximum absolute atomic E-state index is 5.97. The second-order valence-corrected chi connectivity index (χ2v) is 11.6. The molecule has 0 fully saturated rings. The molecule has 7 rings (SSSR count). The second kappa shape index (κ2) is 15.2. The van der Waals surface area contributed by atoms with Gasteiger partial charge >= 0.3 is 0 Å². The molecule has 6 aromatic rings. The fraction of sp³-hybridized carbons (Fsp3) is 0.125. The Morgan fingerprint density at radius 1 is 0.259 bits per heavy atom. The first kappa shape index (κ1) is 34.7. The maximum atomic E-state index is 5.97.